The second-order valence-corrected chi connectivity index (χ2v) is 4.45. The maximum atomic E-state index is 12.1. The quantitative estimate of drug-likeness (QED) is 0.662. The lowest BCUT2D eigenvalue weighted by atomic mass is 10.3. The average molecular weight is 257 g/mol. The van der Waals surface area contributed by atoms with Gasteiger partial charge in [-0.25, -0.2) is 9.78 Å². The highest BCUT2D eigenvalue weighted by molar-refractivity contribution is 5.93. The molecule has 0 aliphatic carbocycles. The predicted molar refractivity (Wildman–Crippen MR) is 72.4 cm³/mol. The molecule has 1 aromatic carbocycles. The zero-order chi connectivity index (χ0) is 13.6. The molecule has 0 aliphatic rings. The smallest absolute Gasteiger partial charge is 0.357 e. The highest BCUT2D eigenvalue weighted by Gasteiger charge is 2.22. The van der Waals surface area contributed by atoms with Crippen LogP contribution in [-0.2, 0) is 11.8 Å². The summed E-state index contributed by atoms with van der Waals surface area (Å²) in [4.78, 5) is 16.6. The van der Waals surface area contributed by atoms with Gasteiger partial charge in [0.2, 0.25) is 5.78 Å². The van der Waals surface area contributed by atoms with Gasteiger partial charge in [0.15, 0.2) is 5.69 Å². The van der Waals surface area contributed by atoms with Crippen LogP contribution in [0.5, 0.6) is 0 Å². The van der Waals surface area contributed by atoms with Gasteiger partial charge in [-0.15, -0.1) is 0 Å². The summed E-state index contributed by atoms with van der Waals surface area (Å²) in [6.07, 6.45) is 0. The average Bonchev–Trinajstić information content (AvgIpc) is 2.87. The number of fused-ring (bicyclic) bond motifs is 3. The van der Waals surface area contributed by atoms with Gasteiger partial charge in [0.25, 0.3) is 0 Å². The Bertz CT molecular complexity index is 783. The van der Waals surface area contributed by atoms with Crippen molar-refractivity contribution in [1.82, 2.24) is 14.0 Å². The molecule has 0 N–H and O–H groups in total. The van der Waals surface area contributed by atoms with E-state index in [0.29, 0.717) is 18.0 Å². The Morgan fingerprint density at radius 3 is 2.68 bits per heavy atom. The van der Waals surface area contributed by atoms with Crippen LogP contribution in [0.15, 0.2) is 24.3 Å². The molecule has 5 heteroatoms. The van der Waals surface area contributed by atoms with Crippen molar-refractivity contribution in [2.75, 3.05) is 6.61 Å². The van der Waals surface area contributed by atoms with Crippen molar-refractivity contribution in [3.05, 3.63) is 35.7 Å². The summed E-state index contributed by atoms with van der Waals surface area (Å²) in [7, 11) is 1.94. The van der Waals surface area contributed by atoms with Crippen molar-refractivity contribution < 1.29 is 9.53 Å². The van der Waals surface area contributed by atoms with Crippen LogP contribution in [0.4, 0.5) is 0 Å². The van der Waals surface area contributed by atoms with E-state index < -0.39 is 0 Å². The summed E-state index contributed by atoms with van der Waals surface area (Å²) >= 11 is 0. The highest BCUT2D eigenvalue weighted by atomic mass is 16.5. The minimum absolute atomic E-state index is 0.330. The SMILES string of the molecule is CCOC(=O)c1c(C)nc2n(C)c3ccccc3n12. The Kier molecular flexibility index (Phi) is 2.55. The second kappa shape index (κ2) is 4.12. The third-order valence-electron chi connectivity index (χ3n) is 3.29. The van der Waals surface area contributed by atoms with Gasteiger partial charge in [-0.2, -0.15) is 0 Å². The van der Waals surface area contributed by atoms with Crippen LogP contribution < -0.4 is 0 Å². The van der Waals surface area contributed by atoms with Gasteiger partial charge < -0.3 is 9.30 Å². The van der Waals surface area contributed by atoms with Gasteiger partial charge in [0, 0.05) is 7.05 Å². The normalized spacial score (nSPS) is 11.3. The lowest BCUT2D eigenvalue weighted by Gasteiger charge is -2.02. The first-order valence-electron chi connectivity index (χ1n) is 6.24. The molecule has 0 bridgehead atoms. The van der Waals surface area contributed by atoms with Gasteiger partial charge in [-0.3, -0.25) is 4.40 Å². The van der Waals surface area contributed by atoms with Crippen molar-refractivity contribution in [3.63, 3.8) is 0 Å². The number of nitrogens with zero attached hydrogens (tertiary/aromatic N) is 3. The molecular formula is C14H15N3O2. The van der Waals surface area contributed by atoms with E-state index in [4.69, 9.17) is 4.74 Å². The van der Waals surface area contributed by atoms with Crippen molar-refractivity contribution in [2.45, 2.75) is 13.8 Å². The second-order valence-electron chi connectivity index (χ2n) is 4.45. The largest absolute Gasteiger partial charge is 0.461 e. The fourth-order valence-corrected chi connectivity index (χ4v) is 2.45. The van der Waals surface area contributed by atoms with Gasteiger partial charge in [-0.05, 0) is 26.0 Å². The van der Waals surface area contributed by atoms with Crippen LogP contribution >= 0.6 is 0 Å². The molecule has 0 spiro atoms. The van der Waals surface area contributed by atoms with Crippen molar-refractivity contribution in [2.24, 2.45) is 7.05 Å². The van der Waals surface area contributed by atoms with Crippen LogP contribution in [0, 0.1) is 6.92 Å². The summed E-state index contributed by atoms with van der Waals surface area (Å²) in [5, 5.41) is 0. The minimum Gasteiger partial charge on any atom is -0.461 e. The van der Waals surface area contributed by atoms with Gasteiger partial charge in [0.05, 0.1) is 23.3 Å². The number of imidazole rings is 2. The van der Waals surface area contributed by atoms with Crippen LogP contribution in [-0.4, -0.2) is 26.5 Å². The van der Waals surface area contributed by atoms with Crippen LogP contribution in [0.25, 0.3) is 16.8 Å². The van der Waals surface area contributed by atoms with Crippen LogP contribution in [0.3, 0.4) is 0 Å². The molecular weight excluding hydrogens is 242 g/mol. The molecule has 0 saturated heterocycles. The number of benzene rings is 1. The van der Waals surface area contributed by atoms with E-state index in [0.717, 1.165) is 16.8 Å². The number of aromatic nitrogens is 3. The maximum Gasteiger partial charge on any atom is 0.357 e. The van der Waals surface area contributed by atoms with E-state index >= 15 is 0 Å². The van der Waals surface area contributed by atoms with Gasteiger partial charge in [-0.1, -0.05) is 12.1 Å². The molecule has 0 unspecified atom stereocenters. The fourth-order valence-electron chi connectivity index (χ4n) is 2.45. The molecule has 2 heterocycles. The van der Waals surface area contributed by atoms with E-state index in [1.165, 1.54) is 0 Å². The first-order valence-corrected chi connectivity index (χ1v) is 6.24. The minimum atomic E-state index is -0.330. The monoisotopic (exact) mass is 257 g/mol. The Morgan fingerprint density at radius 2 is 2.00 bits per heavy atom. The predicted octanol–water partition coefficient (Wildman–Crippen LogP) is 2.31. The third-order valence-corrected chi connectivity index (χ3v) is 3.29. The number of ether oxygens (including phenoxy) is 1. The number of carbonyl (C=O) groups excluding carboxylic acids is 1. The van der Waals surface area contributed by atoms with Crippen LogP contribution in [0.2, 0.25) is 0 Å². The zero-order valence-corrected chi connectivity index (χ0v) is 11.2. The zero-order valence-electron chi connectivity index (χ0n) is 11.2. The summed E-state index contributed by atoms with van der Waals surface area (Å²) in [6.45, 7) is 3.98. The topological polar surface area (TPSA) is 48.5 Å². The molecule has 2 aromatic heterocycles. The number of para-hydroxylation sites is 2. The highest BCUT2D eigenvalue weighted by Crippen LogP contribution is 2.23. The number of hydrogen-bond acceptors (Lipinski definition) is 3. The number of aryl methyl sites for hydroxylation is 2. The van der Waals surface area contributed by atoms with E-state index in [9.17, 15) is 4.79 Å². The first kappa shape index (κ1) is 11.8. The summed E-state index contributed by atoms with van der Waals surface area (Å²) in [5.74, 6) is 0.422. The molecule has 0 atom stereocenters. The molecule has 0 amide bonds. The molecule has 19 heavy (non-hydrogen) atoms. The Balaban J connectivity index is 2.41. The number of carbonyl (C=O) groups is 1. The van der Waals surface area contributed by atoms with E-state index in [-0.39, 0.29) is 5.97 Å². The molecule has 0 fully saturated rings. The number of esters is 1. The molecule has 0 aliphatic heterocycles. The van der Waals surface area contributed by atoms with Crippen molar-refractivity contribution >= 4 is 22.8 Å². The third kappa shape index (κ3) is 1.54. The van der Waals surface area contributed by atoms with Crippen molar-refractivity contribution in [1.29, 1.82) is 0 Å². The molecule has 98 valence electrons. The van der Waals surface area contributed by atoms with Crippen molar-refractivity contribution in [3.8, 4) is 0 Å². The van der Waals surface area contributed by atoms with Gasteiger partial charge >= 0.3 is 5.97 Å². The maximum absolute atomic E-state index is 12.1. The molecule has 3 aromatic rings. The summed E-state index contributed by atoms with van der Waals surface area (Å²) in [5.41, 5.74) is 3.20. The standard InChI is InChI=1S/C14H15N3O2/c1-4-19-13(18)12-9(2)15-14-16(3)10-7-5-6-8-11(10)17(12)14/h5-8H,4H2,1-3H3. The van der Waals surface area contributed by atoms with E-state index in [1.807, 2.05) is 47.2 Å². The lowest BCUT2D eigenvalue weighted by Crippen LogP contribution is -2.09. The lowest BCUT2D eigenvalue weighted by molar-refractivity contribution is 0.0518. The van der Waals surface area contributed by atoms with Gasteiger partial charge in [0.1, 0.15) is 0 Å². The Hall–Kier alpha value is -2.30. The van der Waals surface area contributed by atoms with Crippen LogP contribution in [0.1, 0.15) is 23.1 Å². The molecule has 0 saturated carbocycles. The Labute approximate surface area is 110 Å². The molecule has 3 rings (SSSR count). The molecule has 0 radical (unpaired) electrons. The number of rotatable bonds is 2. The summed E-state index contributed by atoms with van der Waals surface area (Å²) in [6, 6.07) is 7.91. The number of hydrogen-bond donors (Lipinski definition) is 0. The summed E-state index contributed by atoms with van der Waals surface area (Å²) < 4.78 is 8.97. The first-order chi connectivity index (χ1) is 9.15. The van der Waals surface area contributed by atoms with E-state index in [2.05, 4.69) is 4.98 Å². The fraction of sp³-hybridized carbons (Fsp3) is 0.286. The van der Waals surface area contributed by atoms with E-state index in [1.54, 1.807) is 6.92 Å². The Morgan fingerprint density at radius 1 is 1.32 bits per heavy atom. The molecule has 5 nitrogen and oxygen atoms in total.